The molecule has 1 rings (SSSR count). The summed E-state index contributed by atoms with van der Waals surface area (Å²) < 4.78 is 6.19. The van der Waals surface area contributed by atoms with Crippen LogP contribution in [0, 0.1) is 0 Å². The lowest BCUT2D eigenvalue weighted by molar-refractivity contribution is 0.185. The van der Waals surface area contributed by atoms with Gasteiger partial charge in [-0.2, -0.15) is 0 Å². The van der Waals surface area contributed by atoms with Gasteiger partial charge in [-0.15, -0.1) is 0 Å². The molecule has 0 radical (unpaired) electrons. The van der Waals surface area contributed by atoms with Crippen molar-refractivity contribution in [1.29, 1.82) is 0 Å². The molecular formula is C12H18BrN3O2. The molecule has 5 nitrogen and oxygen atoms in total. The van der Waals surface area contributed by atoms with Crippen LogP contribution in [-0.4, -0.2) is 24.7 Å². The number of hydrogen-bond donors (Lipinski definition) is 3. The molecule has 0 unspecified atom stereocenters. The standard InChI is InChI=1S/C12H18BrN3O2/c1-18-8-9-10(13)4-2-5-11(9)15-7-3-6-12(14)16-17/h2,4-5,15,17H,3,6-8H2,1H3,(H2,14,16). The van der Waals surface area contributed by atoms with Crippen LogP contribution < -0.4 is 11.1 Å². The number of halogens is 1. The van der Waals surface area contributed by atoms with Gasteiger partial charge in [0.2, 0.25) is 0 Å². The first-order chi connectivity index (χ1) is 8.69. The number of benzene rings is 1. The Morgan fingerprint density at radius 2 is 2.33 bits per heavy atom. The van der Waals surface area contributed by atoms with Crippen LogP contribution in [0.25, 0.3) is 0 Å². The molecule has 1 aromatic rings. The highest BCUT2D eigenvalue weighted by Gasteiger charge is 2.05. The Labute approximate surface area is 115 Å². The van der Waals surface area contributed by atoms with E-state index in [1.165, 1.54) is 0 Å². The summed E-state index contributed by atoms with van der Waals surface area (Å²) in [6, 6.07) is 5.95. The number of oxime groups is 1. The normalized spacial score (nSPS) is 11.6. The Hall–Kier alpha value is -1.27. The number of ether oxygens (including phenoxy) is 1. The van der Waals surface area contributed by atoms with Gasteiger partial charge in [-0.1, -0.05) is 27.2 Å². The summed E-state index contributed by atoms with van der Waals surface area (Å²) >= 11 is 3.50. The molecule has 0 fully saturated rings. The Morgan fingerprint density at radius 1 is 1.56 bits per heavy atom. The van der Waals surface area contributed by atoms with Crippen molar-refractivity contribution < 1.29 is 9.94 Å². The molecule has 1 aromatic carbocycles. The first-order valence-corrected chi connectivity index (χ1v) is 6.45. The molecule has 0 heterocycles. The maximum Gasteiger partial charge on any atom is 0.139 e. The number of nitrogens with two attached hydrogens (primary N) is 1. The highest BCUT2D eigenvalue weighted by atomic mass is 79.9. The molecular weight excluding hydrogens is 298 g/mol. The van der Waals surface area contributed by atoms with E-state index in [4.69, 9.17) is 15.7 Å². The van der Waals surface area contributed by atoms with Gasteiger partial charge in [0.15, 0.2) is 0 Å². The molecule has 0 aliphatic heterocycles. The van der Waals surface area contributed by atoms with E-state index in [-0.39, 0.29) is 5.84 Å². The molecule has 0 spiro atoms. The number of methoxy groups -OCH3 is 1. The van der Waals surface area contributed by atoms with Gasteiger partial charge in [0.05, 0.1) is 6.61 Å². The van der Waals surface area contributed by atoms with Crippen LogP contribution in [0.5, 0.6) is 0 Å². The lowest BCUT2D eigenvalue weighted by Crippen LogP contribution is -2.14. The Kier molecular flexibility index (Phi) is 6.53. The summed E-state index contributed by atoms with van der Waals surface area (Å²) in [5.74, 6) is 0.253. The van der Waals surface area contributed by atoms with Gasteiger partial charge < -0.3 is 21.0 Å². The van der Waals surface area contributed by atoms with Crippen LogP contribution in [0.3, 0.4) is 0 Å². The van der Waals surface area contributed by atoms with Crippen LogP contribution in [0.4, 0.5) is 5.69 Å². The lowest BCUT2D eigenvalue weighted by Gasteiger charge is -2.13. The minimum absolute atomic E-state index is 0.253. The summed E-state index contributed by atoms with van der Waals surface area (Å²) in [7, 11) is 1.67. The van der Waals surface area contributed by atoms with Crippen molar-refractivity contribution in [2.24, 2.45) is 10.9 Å². The van der Waals surface area contributed by atoms with Gasteiger partial charge in [-0.25, -0.2) is 0 Å². The minimum Gasteiger partial charge on any atom is -0.409 e. The molecule has 4 N–H and O–H groups in total. The molecule has 0 bridgehead atoms. The average Bonchev–Trinajstić information content (AvgIpc) is 2.38. The number of nitrogens with zero attached hydrogens (tertiary/aromatic N) is 1. The van der Waals surface area contributed by atoms with E-state index >= 15 is 0 Å². The lowest BCUT2D eigenvalue weighted by atomic mass is 10.2. The number of rotatable bonds is 7. The quantitative estimate of drug-likeness (QED) is 0.237. The summed E-state index contributed by atoms with van der Waals surface area (Å²) in [6.07, 6.45) is 1.37. The zero-order chi connectivity index (χ0) is 13.4. The Morgan fingerprint density at radius 3 is 3.00 bits per heavy atom. The molecule has 100 valence electrons. The fourth-order valence-corrected chi connectivity index (χ4v) is 2.04. The third kappa shape index (κ3) is 4.54. The first-order valence-electron chi connectivity index (χ1n) is 5.65. The summed E-state index contributed by atoms with van der Waals surface area (Å²) in [4.78, 5) is 0. The van der Waals surface area contributed by atoms with E-state index in [1.54, 1.807) is 7.11 Å². The zero-order valence-corrected chi connectivity index (χ0v) is 11.9. The minimum atomic E-state index is 0.253. The fourth-order valence-electron chi connectivity index (χ4n) is 1.56. The van der Waals surface area contributed by atoms with E-state index in [9.17, 15) is 0 Å². The summed E-state index contributed by atoms with van der Waals surface area (Å²) in [5, 5.41) is 14.7. The van der Waals surface area contributed by atoms with Crippen LogP contribution >= 0.6 is 15.9 Å². The molecule has 0 aliphatic carbocycles. The topological polar surface area (TPSA) is 79.9 Å². The second kappa shape index (κ2) is 7.94. The third-order valence-electron chi connectivity index (χ3n) is 2.46. The average molecular weight is 316 g/mol. The van der Waals surface area contributed by atoms with Crippen LogP contribution in [0.2, 0.25) is 0 Å². The van der Waals surface area contributed by atoms with Crippen LogP contribution in [0.15, 0.2) is 27.8 Å². The number of nitrogens with one attached hydrogen (secondary N) is 1. The molecule has 0 aromatic heterocycles. The van der Waals surface area contributed by atoms with Gasteiger partial charge in [0.25, 0.3) is 0 Å². The molecule has 0 aliphatic rings. The highest BCUT2D eigenvalue weighted by molar-refractivity contribution is 9.10. The van der Waals surface area contributed by atoms with Gasteiger partial charge in [-0.05, 0) is 18.6 Å². The Bertz CT molecular complexity index is 410. The molecule has 6 heteroatoms. The fraction of sp³-hybridized carbons (Fsp3) is 0.417. The molecule has 0 atom stereocenters. The Balaban J connectivity index is 2.53. The monoisotopic (exact) mass is 315 g/mol. The zero-order valence-electron chi connectivity index (χ0n) is 10.3. The van der Waals surface area contributed by atoms with Gasteiger partial charge >= 0.3 is 0 Å². The second-order valence-electron chi connectivity index (χ2n) is 3.82. The number of anilines is 1. The molecule has 0 saturated carbocycles. The SMILES string of the molecule is COCc1c(Br)cccc1NCCCC(N)=NO. The van der Waals surface area contributed by atoms with Gasteiger partial charge in [-0.3, -0.25) is 0 Å². The maximum atomic E-state index is 8.42. The maximum absolute atomic E-state index is 8.42. The second-order valence-corrected chi connectivity index (χ2v) is 4.67. The smallest absolute Gasteiger partial charge is 0.139 e. The van der Waals surface area contributed by atoms with Crippen molar-refractivity contribution in [2.45, 2.75) is 19.4 Å². The van der Waals surface area contributed by atoms with Crippen LogP contribution in [0.1, 0.15) is 18.4 Å². The number of amidine groups is 1. The number of hydrogen-bond acceptors (Lipinski definition) is 4. The predicted octanol–water partition coefficient (Wildman–Crippen LogP) is 2.53. The van der Waals surface area contributed by atoms with E-state index in [2.05, 4.69) is 26.4 Å². The van der Waals surface area contributed by atoms with Crippen molar-refractivity contribution in [3.8, 4) is 0 Å². The van der Waals surface area contributed by atoms with Crippen molar-refractivity contribution in [3.05, 3.63) is 28.2 Å². The summed E-state index contributed by atoms with van der Waals surface area (Å²) in [5.41, 5.74) is 7.52. The highest BCUT2D eigenvalue weighted by Crippen LogP contribution is 2.25. The first kappa shape index (κ1) is 14.8. The molecule has 0 amide bonds. The van der Waals surface area contributed by atoms with Crippen LogP contribution in [-0.2, 0) is 11.3 Å². The van der Waals surface area contributed by atoms with Gasteiger partial charge in [0.1, 0.15) is 5.84 Å². The third-order valence-corrected chi connectivity index (χ3v) is 3.20. The molecule has 18 heavy (non-hydrogen) atoms. The van der Waals surface area contributed by atoms with E-state index in [0.29, 0.717) is 13.0 Å². The van der Waals surface area contributed by atoms with Crippen molar-refractivity contribution >= 4 is 27.5 Å². The van der Waals surface area contributed by atoms with E-state index in [0.717, 1.165) is 28.7 Å². The largest absolute Gasteiger partial charge is 0.409 e. The summed E-state index contributed by atoms with van der Waals surface area (Å²) in [6.45, 7) is 1.30. The van der Waals surface area contributed by atoms with Gasteiger partial charge in [0, 0.05) is 35.8 Å². The van der Waals surface area contributed by atoms with Crippen molar-refractivity contribution in [3.63, 3.8) is 0 Å². The molecule has 0 saturated heterocycles. The van der Waals surface area contributed by atoms with E-state index < -0.39 is 0 Å². The van der Waals surface area contributed by atoms with E-state index in [1.807, 2.05) is 18.2 Å². The van der Waals surface area contributed by atoms with Crippen molar-refractivity contribution in [1.82, 2.24) is 0 Å². The van der Waals surface area contributed by atoms with Crippen molar-refractivity contribution in [2.75, 3.05) is 19.0 Å². The predicted molar refractivity (Wildman–Crippen MR) is 76.0 cm³/mol.